The molecule has 0 fully saturated rings. The summed E-state index contributed by atoms with van der Waals surface area (Å²) in [7, 11) is 0. The number of aromatic amines is 1. The third-order valence-corrected chi connectivity index (χ3v) is 2.81. The smallest absolute Gasteiger partial charge is 0.305 e. The maximum absolute atomic E-state index is 12.0. The zero-order valence-corrected chi connectivity index (χ0v) is 9.26. The van der Waals surface area contributed by atoms with Gasteiger partial charge in [-0.1, -0.05) is 30.4 Å². The van der Waals surface area contributed by atoms with Crippen molar-refractivity contribution >= 4 is 12.2 Å². The molecule has 0 atom stereocenters. The number of benzene rings is 1. The minimum atomic E-state index is -0.0996. The monoisotopic (exact) mass is 224 g/mol. The van der Waals surface area contributed by atoms with Gasteiger partial charge in [0, 0.05) is 0 Å². The molecule has 3 heteroatoms. The second-order valence-corrected chi connectivity index (χ2v) is 3.94. The molecule has 1 heterocycles. The molecule has 0 bridgehead atoms. The number of rotatable bonds is 1. The molecule has 0 unspecified atom stereocenters. The van der Waals surface area contributed by atoms with Crippen LogP contribution in [0.2, 0.25) is 0 Å². The Morgan fingerprint density at radius 2 is 1.82 bits per heavy atom. The fraction of sp³-hybridized carbons (Fsp3) is 0.0714. The number of hydrogen-bond donors (Lipinski definition) is 1. The molecule has 2 aromatic rings. The Balaban J connectivity index is 2.28. The number of H-pyrrole nitrogens is 1. The fourth-order valence-electron chi connectivity index (χ4n) is 2.03. The summed E-state index contributed by atoms with van der Waals surface area (Å²) in [5.74, 6) is 0. The summed E-state index contributed by atoms with van der Waals surface area (Å²) < 4.78 is 1.70. The Hall–Kier alpha value is -2.29. The van der Waals surface area contributed by atoms with E-state index >= 15 is 0 Å². The molecule has 0 saturated carbocycles. The van der Waals surface area contributed by atoms with Crippen LogP contribution in [-0.4, -0.2) is 9.55 Å². The highest BCUT2D eigenvalue weighted by atomic mass is 16.1. The van der Waals surface area contributed by atoms with E-state index in [2.05, 4.69) is 11.1 Å². The van der Waals surface area contributed by atoms with Gasteiger partial charge in [0.2, 0.25) is 0 Å². The Morgan fingerprint density at radius 3 is 2.65 bits per heavy atom. The van der Waals surface area contributed by atoms with Crippen LogP contribution in [0.1, 0.15) is 17.8 Å². The van der Waals surface area contributed by atoms with Crippen molar-refractivity contribution in [3.05, 3.63) is 64.4 Å². The van der Waals surface area contributed by atoms with E-state index in [0.717, 1.165) is 23.5 Å². The lowest BCUT2D eigenvalue weighted by Crippen LogP contribution is -2.15. The van der Waals surface area contributed by atoms with Crippen LogP contribution in [0.3, 0.4) is 0 Å². The minimum Gasteiger partial charge on any atom is -0.305 e. The van der Waals surface area contributed by atoms with Crippen molar-refractivity contribution in [2.75, 3.05) is 0 Å². The summed E-state index contributed by atoms with van der Waals surface area (Å²) in [5, 5.41) is 0. The zero-order chi connectivity index (χ0) is 11.7. The number of allylic oxidation sites excluding steroid dienone is 2. The number of nitrogens with one attached hydrogen (secondary N) is 1. The molecule has 0 radical (unpaired) electrons. The number of imidazole rings is 1. The second-order valence-electron chi connectivity index (χ2n) is 3.94. The predicted octanol–water partition coefficient (Wildman–Crippen LogP) is 2.60. The quantitative estimate of drug-likeness (QED) is 0.794. The summed E-state index contributed by atoms with van der Waals surface area (Å²) in [6, 6.07) is 9.65. The first-order chi connectivity index (χ1) is 8.36. The van der Waals surface area contributed by atoms with Crippen molar-refractivity contribution < 1.29 is 0 Å². The molecule has 17 heavy (non-hydrogen) atoms. The fourth-order valence-corrected chi connectivity index (χ4v) is 2.03. The Bertz CT molecular complexity index is 645. The molecular weight excluding hydrogens is 212 g/mol. The summed E-state index contributed by atoms with van der Waals surface area (Å²) in [4.78, 5) is 14.8. The molecule has 1 aromatic heterocycles. The molecule has 3 nitrogen and oxygen atoms in total. The third kappa shape index (κ3) is 1.65. The molecule has 0 spiro atoms. The highest BCUT2D eigenvalue weighted by Gasteiger charge is 2.11. The largest absolute Gasteiger partial charge is 0.331 e. The van der Waals surface area contributed by atoms with Crippen LogP contribution in [0.15, 0.2) is 47.3 Å². The van der Waals surface area contributed by atoms with Crippen molar-refractivity contribution in [3.8, 4) is 5.69 Å². The van der Waals surface area contributed by atoms with Crippen LogP contribution in [0.25, 0.3) is 17.8 Å². The molecular formula is C14H12N2O. The van der Waals surface area contributed by atoms with Gasteiger partial charge in [-0.3, -0.25) is 4.57 Å². The normalized spacial score (nSPS) is 13.4. The van der Waals surface area contributed by atoms with Crippen LogP contribution in [0.5, 0.6) is 0 Å². The van der Waals surface area contributed by atoms with Gasteiger partial charge in [-0.15, -0.1) is 0 Å². The Labute approximate surface area is 98.7 Å². The lowest BCUT2D eigenvalue weighted by atomic mass is 10.2. The van der Waals surface area contributed by atoms with Gasteiger partial charge in [-0.05, 0) is 30.7 Å². The summed E-state index contributed by atoms with van der Waals surface area (Å²) in [5.41, 5.74) is 2.56. The Morgan fingerprint density at radius 1 is 1.06 bits per heavy atom. The summed E-state index contributed by atoms with van der Waals surface area (Å²) >= 11 is 0. The second kappa shape index (κ2) is 3.94. The van der Waals surface area contributed by atoms with Crippen molar-refractivity contribution in [1.82, 2.24) is 9.55 Å². The summed E-state index contributed by atoms with van der Waals surface area (Å²) in [6.07, 6.45) is 8.92. The minimum absolute atomic E-state index is 0.0996. The van der Waals surface area contributed by atoms with E-state index in [1.54, 1.807) is 4.57 Å². The molecule has 0 amide bonds. The maximum Gasteiger partial charge on any atom is 0.331 e. The third-order valence-electron chi connectivity index (χ3n) is 2.81. The maximum atomic E-state index is 12.0. The number of fused-ring (bicyclic) bond motifs is 1. The van der Waals surface area contributed by atoms with Crippen LogP contribution < -0.4 is 5.69 Å². The van der Waals surface area contributed by atoms with E-state index in [1.807, 2.05) is 48.6 Å². The van der Waals surface area contributed by atoms with Crippen LogP contribution >= 0.6 is 0 Å². The van der Waals surface area contributed by atoms with E-state index in [4.69, 9.17) is 0 Å². The van der Waals surface area contributed by atoms with Gasteiger partial charge < -0.3 is 4.98 Å². The molecule has 1 N–H and O–H groups in total. The first-order valence-electron chi connectivity index (χ1n) is 5.60. The van der Waals surface area contributed by atoms with Gasteiger partial charge in [-0.25, -0.2) is 4.79 Å². The van der Waals surface area contributed by atoms with E-state index in [1.165, 1.54) is 0 Å². The van der Waals surface area contributed by atoms with Crippen molar-refractivity contribution in [1.29, 1.82) is 0 Å². The van der Waals surface area contributed by atoms with Gasteiger partial charge in [0.25, 0.3) is 0 Å². The average molecular weight is 224 g/mol. The van der Waals surface area contributed by atoms with Crippen molar-refractivity contribution in [3.63, 3.8) is 0 Å². The molecule has 1 aromatic carbocycles. The predicted molar refractivity (Wildman–Crippen MR) is 69.1 cm³/mol. The molecule has 0 saturated heterocycles. The molecule has 1 aliphatic carbocycles. The number of para-hydroxylation sites is 1. The van der Waals surface area contributed by atoms with Crippen LogP contribution in [-0.2, 0) is 0 Å². The van der Waals surface area contributed by atoms with E-state index in [9.17, 15) is 4.79 Å². The highest BCUT2D eigenvalue weighted by Crippen LogP contribution is 2.17. The first-order valence-corrected chi connectivity index (χ1v) is 5.60. The van der Waals surface area contributed by atoms with Gasteiger partial charge >= 0.3 is 5.69 Å². The van der Waals surface area contributed by atoms with Crippen molar-refractivity contribution in [2.24, 2.45) is 0 Å². The number of aromatic nitrogens is 2. The standard InChI is InChI=1S/C14H12N2O/c17-14-15-12-9-5-2-6-10-13(12)16(14)11-7-3-1-4-8-11/h1,3-10H,2H2,(H,15,17). The molecule has 84 valence electrons. The van der Waals surface area contributed by atoms with Gasteiger partial charge in [-0.2, -0.15) is 0 Å². The van der Waals surface area contributed by atoms with Gasteiger partial charge in [0.15, 0.2) is 0 Å². The lowest BCUT2D eigenvalue weighted by Gasteiger charge is -2.03. The molecule has 0 aliphatic heterocycles. The van der Waals surface area contributed by atoms with E-state index in [-0.39, 0.29) is 5.69 Å². The van der Waals surface area contributed by atoms with E-state index in [0.29, 0.717) is 0 Å². The lowest BCUT2D eigenvalue weighted by molar-refractivity contribution is 0.977. The van der Waals surface area contributed by atoms with Gasteiger partial charge in [0.1, 0.15) is 0 Å². The first kappa shape index (κ1) is 9.90. The SMILES string of the molecule is O=c1[nH]c2c(n1-c1ccccc1)C=CCC=C2. The number of nitrogens with zero attached hydrogens (tertiary/aromatic N) is 1. The van der Waals surface area contributed by atoms with Crippen molar-refractivity contribution in [2.45, 2.75) is 6.42 Å². The van der Waals surface area contributed by atoms with Crippen LogP contribution in [0.4, 0.5) is 0 Å². The summed E-state index contributed by atoms with van der Waals surface area (Å²) in [6.45, 7) is 0. The molecule has 3 rings (SSSR count). The number of hydrogen-bond acceptors (Lipinski definition) is 1. The van der Waals surface area contributed by atoms with Crippen LogP contribution in [0, 0.1) is 0 Å². The average Bonchev–Trinajstić information content (AvgIpc) is 2.52. The zero-order valence-electron chi connectivity index (χ0n) is 9.26. The van der Waals surface area contributed by atoms with Gasteiger partial charge in [0.05, 0.1) is 17.1 Å². The molecule has 1 aliphatic rings. The Kier molecular flexibility index (Phi) is 2.29. The van der Waals surface area contributed by atoms with E-state index < -0.39 is 0 Å². The highest BCUT2D eigenvalue weighted by molar-refractivity contribution is 5.64. The topological polar surface area (TPSA) is 37.8 Å².